The van der Waals surface area contributed by atoms with Crippen LogP contribution in [-0.4, -0.2) is 368 Å². The summed E-state index contributed by atoms with van der Waals surface area (Å²) >= 11 is 4.28. The molecule has 8 fully saturated rings. The molecule has 0 aromatic heterocycles. The number of carbonyl (C=O) groups excluding carboxylic acids is 17. The molecule has 9 rings (SSSR count). The van der Waals surface area contributed by atoms with Crippen LogP contribution >= 0.6 is 12.6 Å². The van der Waals surface area contributed by atoms with E-state index in [4.69, 9.17) is 20.9 Å². The number of ether oxygens (including phenoxy) is 4. The van der Waals surface area contributed by atoms with Crippen molar-refractivity contribution in [3.8, 4) is 5.75 Å². The van der Waals surface area contributed by atoms with Gasteiger partial charge in [-0.15, -0.1) is 10.2 Å². The van der Waals surface area contributed by atoms with Crippen molar-refractivity contribution < 1.29 is 138 Å². The molecule has 8 heterocycles. The Labute approximate surface area is 854 Å². The van der Waals surface area contributed by atoms with Gasteiger partial charge < -0.3 is 132 Å². The number of benzene rings is 1. The summed E-state index contributed by atoms with van der Waals surface area (Å²) in [6.45, 7) is 21.9. The average molecular weight is 2090 g/mol. The fourth-order valence-electron chi connectivity index (χ4n) is 14.4. The molecule has 1 aromatic rings. The number of nitrogens with one attached hydrogen (secondary N) is 12. The first-order valence-electron chi connectivity index (χ1n) is 48.8. The number of azo groups is 4. The van der Waals surface area contributed by atoms with Gasteiger partial charge in [0.05, 0.1) is 31.9 Å². The standard InChI is InChI=1S/C36H71N3O2S.C12H20N8O4.C12H18N6O6.C12H14N3O3.C8H13N5O3.C8H12N4O4.Y/c40-35(37-30-32-39-33-31-38-36(39)41)29-27-25-23-21-19-17-15-13-11-9-7-5-3-1-2-4-6-8-10-12-14-16-18-20-22-24-26-28-34-42;21-9(13-1-5-19-7-3-15-11(19)23)17-18-10(22)14-2-6-20-8-4-16-12(20)24;19-9-13-1-3-17(9)5-7-23-11(21)15-16-12(22)24-8-6-18-4-2-14-10(18)20;1-14(17)10-2-4-11(5-3-10)18-9-8-15-7-6-13-12(15)16;1-6(14)11-12-7(15)9-2-4-13-5-3-10-8(13)16;1-6(13)10-11-8(15)16-5-4-12-3-2-9-7(12)14;/h42H,1-34H2,(H,37,40)(H,38,41);1-8H2,(H,13,21)(H,14,22)(H,15,23)(H,16,24);1-8H2,(H,13,19)(H,14,20);1-5H,6-9H2,(H,13,16);2-5H2,1H3,(H,9,15)(H,10,16);2-5H2,1H3,(H,9,14);/q;;;-1;;;. The maximum Gasteiger partial charge on any atom is 0.452 e. The van der Waals surface area contributed by atoms with Gasteiger partial charge in [-0.25, -0.2) is 67.1 Å². The Bertz CT molecular complexity index is 3840. The molecule has 8 aliphatic rings. The van der Waals surface area contributed by atoms with Crippen LogP contribution in [0, 0.1) is 5.21 Å². The van der Waals surface area contributed by atoms with E-state index in [2.05, 4.69) is 122 Å². The first-order chi connectivity index (χ1) is 67.7. The molecule has 53 heteroatoms. The second kappa shape index (κ2) is 78.8. The van der Waals surface area contributed by atoms with Crippen LogP contribution < -0.4 is 68.5 Å². The van der Waals surface area contributed by atoms with Crippen molar-refractivity contribution in [2.75, 3.05) is 215 Å². The topological polar surface area (TPSA) is 622 Å². The molecule has 0 saturated carbocycles. The van der Waals surface area contributed by atoms with Crippen molar-refractivity contribution in [1.82, 2.24) is 103 Å². The van der Waals surface area contributed by atoms with Crippen molar-refractivity contribution in [3.63, 3.8) is 0 Å². The number of carbonyl (C=O) groups is 17. The number of urea groups is 11. The maximum absolute atomic E-state index is 11.9. The van der Waals surface area contributed by atoms with Crippen molar-refractivity contribution in [3.05, 3.63) is 29.5 Å². The van der Waals surface area contributed by atoms with Crippen molar-refractivity contribution in [1.29, 1.82) is 0 Å². The smallest absolute Gasteiger partial charge is 0.452 e. The third kappa shape index (κ3) is 62.1. The molecule has 12 N–H and O–H groups in total. The van der Waals surface area contributed by atoms with Gasteiger partial charge in [-0.2, -0.15) is 12.6 Å². The second-order valence-corrected chi connectivity index (χ2v) is 33.5. The summed E-state index contributed by atoms with van der Waals surface area (Å²) < 4.78 is 19.8. The number of hydrogen-bond acceptors (Lipinski definition) is 23. The summed E-state index contributed by atoms with van der Waals surface area (Å²) in [5.74, 6) is 0.714. The molecule has 8 saturated heterocycles. The SMILES string of the molecule is CC(=O)N=NC(=O)NCCN1CCNC1=O.CC(=O)N=NC(=O)OCCN1CCNC1=O.O=C(CCCCCCCCCCCCCCCCCCCCCCCCCCCCCCS)NCCN1CCNC1=O.O=C(N=NC(=O)NCCN1CCNC1=O)NCCN1CCNC1=O.O=C(N=NC(=O)OCCN1CCNC1=O)OCCN1CCNC1=O.[CH-]=[N+]([O-])c1ccc(OCCN2CCNC2=O)cc1.[Y]. The van der Waals surface area contributed by atoms with Crippen molar-refractivity contribution in [2.24, 2.45) is 40.9 Å². The van der Waals surface area contributed by atoms with Crippen LogP contribution in [0.3, 0.4) is 0 Å². The summed E-state index contributed by atoms with van der Waals surface area (Å²) in [4.78, 5) is 202. The van der Waals surface area contributed by atoms with Gasteiger partial charge in [-0.1, -0.05) is 210 Å². The average Bonchev–Trinajstić information content (AvgIpc) is 1.59. The molecule has 28 amide bonds. The second-order valence-electron chi connectivity index (χ2n) is 33.0. The molecule has 0 spiro atoms. The minimum atomic E-state index is -1.05. The number of unbranched alkanes of at least 4 members (excludes halogenated alkanes) is 27. The number of thiol groups is 1. The molecular formula is C88H148N29O22SY-. The Balaban J connectivity index is 0.000000451. The zero-order valence-corrected chi connectivity index (χ0v) is 85.6. The molecule has 1 radical (unpaired) electrons. The summed E-state index contributed by atoms with van der Waals surface area (Å²) in [6, 6.07) is 3.10. The Morgan fingerprint density at radius 1 is 0.326 bits per heavy atom. The van der Waals surface area contributed by atoms with E-state index >= 15 is 0 Å². The summed E-state index contributed by atoms with van der Waals surface area (Å²) in [6.07, 6.45) is 36.6. The number of nitrogens with zero attached hydrogens (tertiary/aromatic N) is 17. The van der Waals surface area contributed by atoms with E-state index in [1.54, 1.807) is 48.8 Å². The van der Waals surface area contributed by atoms with Gasteiger partial charge in [-0.05, 0) is 30.7 Å². The zero-order chi connectivity index (χ0) is 102. The fourth-order valence-corrected chi connectivity index (χ4v) is 14.6. The van der Waals surface area contributed by atoms with Gasteiger partial charge in [0, 0.05) is 217 Å². The first-order valence-corrected chi connectivity index (χ1v) is 49.4. The summed E-state index contributed by atoms with van der Waals surface area (Å²) in [5.41, 5.74) is 0.362. The summed E-state index contributed by atoms with van der Waals surface area (Å²) in [5, 5.41) is 67.0. The molecule has 51 nitrogen and oxygen atoms in total. The minimum absolute atomic E-state index is 0. The first kappa shape index (κ1) is 123. The van der Waals surface area contributed by atoms with Gasteiger partial charge in [-0.3, -0.25) is 14.4 Å². The quantitative estimate of drug-likeness (QED) is 0.00332. The monoisotopic (exact) mass is 2080 g/mol. The summed E-state index contributed by atoms with van der Waals surface area (Å²) in [7, 11) is 0. The van der Waals surface area contributed by atoms with Crippen LogP contribution in [0.5, 0.6) is 5.75 Å². The van der Waals surface area contributed by atoms with E-state index in [1.165, 1.54) is 195 Å². The minimum Gasteiger partial charge on any atom is -0.651 e. The van der Waals surface area contributed by atoms with E-state index < -0.39 is 48.2 Å². The predicted octanol–water partition coefficient (Wildman–Crippen LogP) is 9.72. The molecule has 1 aromatic carbocycles. The van der Waals surface area contributed by atoms with E-state index in [9.17, 15) is 86.7 Å². The predicted molar refractivity (Wildman–Crippen MR) is 517 cm³/mol. The Kier molecular flexibility index (Phi) is 68.9. The van der Waals surface area contributed by atoms with Crippen LogP contribution in [0.2, 0.25) is 0 Å². The normalized spacial score (nSPS) is 15.1. The number of hydrogen-bond donors (Lipinski definition) is 13. The zero-order valence-electron chi connectivity index (χ0n) is 81.8. The third-order valence-corrected chi connectivity index (χ3v) is 22.3. The number of rotatable bonds is 56. The molecule has 0 unspecified atom stereocenters. The largest absolute Gasteiger partial charge is 0.651 e. The van der Waals surface area contributed by atoms with Gasteiger partial charge in [0.2, 0.25) is 5.91 Å². The third-order valence-electron chi connectivity index (χ3n) is 22.0. The maximum atomic E-state index is 11.9. The van der Waals surface area contributed by atoms with E-state index in [0.717, 1.165) is 25.1 Å². The van der Waals surface area contributed by atoms with Gasteiger partial charge >= 0.3 is 84.6 Å². The van der Waals surface area contributed by atoms with E-state index in [-0.39, 0.29) is 139 Å². The van der Waals surface area contributed by atoms with Crippen molar-refractivity contribution >= 4 is 127 Å². The Morgan fingerprint density at radius 2 is 0.546 bits per heavy atom. The van der Waals surface area contributed by atoms with Crippen LogP contribution in [0.15, 0.2) is 65.2 Å². The molecule has 787 valence electrons. The number of amides is 28. The molecular weight excluding hydrogens is 1940 g/mol. The Morgan fingerprint density at radius 3 is 0.787 bits per heavy atom. The van der Waals surface area contributed by atoms with Gasteiger partial charge in [0.1, 0.15) is 32.2 Å². The molecule has 0 atom stereocenters. The van der Waals surface area contributed by atoms with Crippen molar-refractivity contribution in [2.45, 2.75) is 200 Å². The fraction of sp³-hybridized carbons (Fsp3) is 0.727. The van der Waals surface area contributed by atoms with E-state index in [0.29, 0.717) is 173 Å². The van der Waals surface area contributed by atoms with E-state index in [1.807, 2.05) is 0 Å². The van der Waals surface area contributed by atoms with Crippen LogP contribution in [0.4, 0.5) is 72.8 Å². The molecule has 0 aliphatic carbocycles. The van der Waals surface area contributed by atoms with Gasteiger partial charge in [0.25, 0.3) is 11.8 Å². The molecule has 0 bridgehead atoms. The van der Waals surface area contributed by atoms with Crippen LogP contribution in [0.1, 0.15) is 200 Å². The van der Waals surface area contributed by atoms with Gasteiger partial charge in [0.15, 0.2) is 0 Å². The Hall–Kier alpha value is -11.9. The van der Waals surface area contributed by atoms with Crippen LogP contribution in [-0.2, 0) is 61.3 Å². The van der Waals surface area contributed by atoms with Crippen LogP contribution in [0.25, 0.3) is 0 Å². The molecule has 141 heavy (non-hydrogen) atoms. The molecule has 8 aliphatic heterocycles.